The maximum atomic E-state index is 11.8. The Morgan fingerprint density at radius 2 is 1.03 bits per heavy atom. The third-order valence-corrected chi connectivity index (χ3v) is 4.33. The van der Waals surface area contributed by atoms with Gasteiger partial charge in [-0.05, 0) is 75.2 Å². The summed E-state index contributed by atoms with van der Waals surface area (Å²) in [5.74, 6) is 2.29. The van der Waals surface area contributed by atoms with Gasteiger partial charge in [0.15, 0.2) is 35.6 Å². The third kappa shape index (κ3) is 6.74. The van der Waals surface area contributed by atoms with Crippen molar-refractivity contribution in [2.45, 2.75) is 39.9 Å². The van der Waals surface area contributed by atoms with Gasteiger partial charge in [-0.15, -0.1) is 0 Å². The molecule has 0 radical (unpaired) electrons. The first-order chi connectivity index (χ1) is 15.3. The van der Waals surface area contributed by atoms with E-state index in [1.165, 1.54) is 0 Å². The summed E-state index contributed by atoms with van der Waals surface area (Å²) in [6.45, 7) is 7.70. The molecule has 170 valence electrons. The van der Waals surface area contributed by atoms with Gasteiger partial charge in [-0.25, -0.2) is 0 Å². The zero-order valence-electron chi connectivity index (χ0n) is 19.4. The summed E-state index contributed by atoms with van der Waals surface area (Å²) in [6.07, 6.45) is 4.55. The van der Waals surface area contributed by atoms with Crippen LogP contribution in [0.3, 0.4) is 0 Å². The predicted molar refractivity (Wildman–Crippen MR) is 126 cm³/mol. The average molecular weight is 439 g/mol. The average Bonchev–Trinajstić information content (AvgIpc) is 2.77. The molecule has 0 aliphatic rings. The highest BCUT2D eigenvalue weighted by Gasteiger charge is 2.11. The predicted octanol–water partition coefficient (Wildman–Crippen LogP) is 5.14. The second-order valence-electron chi connectivity index (χ2n) is 7.59. The second kappa shape index (κ2) is 11.7. The van der Waals surface area contributed by atoms with Crippen LogP contribution in [0.1, 0.15) is 38.8 Å². The van der Waals surface area contributed by atoms with E-state index in [0.717, 1.165) is 0 Å². The molecule has 0 saturated carbocycles. The molecule has 6 heteroatoms. The van der Waals surface area contributed by atoms with Gasteiger partial charge in [0.1, 0.15) is 0 Å². The third-order valence-electron chi connectivity index (χ3n) is 4.33. The number of allylic oxidation sites excluding steroid dienone is 2. The Bertz CT molecular complexity index is 920. The lowest BCUT2D eigenvalue weighted by Gasteiger charge is -2.14. The molecular formula is C26H30O6. The van der Waals surface area contributed by atoms with Crippen molar-refractivity contribution in [3.8, 4) is 23.0 Å². The topological polar surface area (TPSA) is 71.1 Å². The molecule has 0 unspecified atom stereocenters. The molecule has 6 nitrogen and oxygen atoms in total. The van der Waals surface area contributed by atoms with Crippen LogP contribution in [0.15, 0.2) is 47.5 Å². The van der Waals surface area contributed by atoms with Crippen molar-refractivity contribution in [2.24, 2.45) is 0 Å². The zero-order chi connectivity index (χ0) is 23.7. The largest absolute Gasteiger partial charge is 0.493 e. The lowest BCUT2D eigenvalue weighted by molar-refractivity contribution is -0.107. The monoisotopic (exact) mass is 438 g/mol. The number of aldehydes is 2. The summed E-state index contributed by atoms with van der Waals surface area (Å²) in [5.41, 5.74) is 1.87. The molecule has 0 N–H and O–H groups in total. The summed E-state index contributed by atoms with van der Waals surface area (Å²) in [6, 6.07) is 10.7. The first kappa shape index (κ1) is 24.7. The first-order valence-corrected chi connectivity index (χ1v) is 10.3. The highest BCUT2D eigenvalue weighted by Crippen LogP contribution is 2.32. The number of benzene rings is 2. The summed E-state index contributed by atoms with van der Waals surface area (Å²) in [5, 5.41) is 0. The van der Waals surface area contributed by atoms with E-state index in [-0.39, 0.29) is 23.4 Å². The molecule has 0 bridgehead atoms. The number of hydrogen-bond donors (Lipinski definition) is 0. The van der Waals surface area contributed by atoms with Crippen LogP contribution in [-0.4, -0.2) is 39.0 Å². The zero-order valence-corrected chi connectivity index (χ0v) is 19.4. The lowest BCUT2D eigenvalue weighted by atomic mass is 10.0. The normalized spacial score (nSPS) is 12.0. The smallest absolute Gasteiger partial charge is 0.161 e. The Balaban J connectivity index is 2.42. The van der Waals surface area contributed by atoms with Gasteiger partial charge in [0.2, 0.25) is 0 Å². The number of carbonyl (C=O) groups is 2. The van der Waals surface area contributed by atoms with Crippen LogP contribution in [0, 0.1) is 0 Å². The Hall–Kier alpha value is -3.54. The molecule has 0 fully saturated rings. The van der Waals surface area contributed by atoms with E-state index >= 15 is 0 Å². The molecule has 0 saturated heterocycles. The fourth-order valence-electron chi connectivity index (χ4n) is 2.98. The van der Waals surface area contributed by atoms with E-state index in [1.54, 1.807) is 62.8 Å². The van der Waals surface area contributed by atoms with Crippen molar-refractivity contribution < 1.29 is 28.5 Å². The summed E-state index contributed by atoms with van der Waals surface area (Å²) >= 11 is 0. The Morgan fingerprint density at radius 1 is 0.656 bits per heavy atom. The molecule has 0 spiro atoms. The van der Waals surface area contributed by atoms with E-state index < -0.39 is 0 Å². The van der Waals surface area contributed by atoms with E-state index in [1.807, 2.05) is 27.7 Å². The van der Waals surface area contributed by atoms with E-state index in [4.69, 9.17) is 18.9 Å². The number of rotatable bonds is 11. The first-order valence-electron chi connectivity index (χ1n) is 10.3. The molecule has 0 amide bonds. The summed E-state index contributed by atoms with van der Waals surface area (Å²) in [7, 11) is 3.10. The number of carbonyl (C=O) groups excluding carboxylic acids is 2. The lowest BCUT2D eigenvalue weighted by Crippen LogP contribution is -2.06. The van der Waals surface area contributed by atoms with Crippen LogP contribution in [-0.2, 0) is 9.59 Å². The second-order valence-corrected chi connectivity index (χ2v) is 7.59. The molecule has 2 aromatic carbocycles. The Labute approximate surface area is 189 Å². The molecule has 0 aliphatic carbocycles. The summed E-state index contributed by atoms with van der Waals surface area (Å²) in [4.78, 5) is 23.6. The van der Waals surface area contributed by atoms with Crippen molar-refractivity contribution >= 4 is 24.7 Å². The van der Waals surface area contributed by atoms with Crippen molar-refractivity contribution in [1.82, 2.24) is 0 Å². The number of hydrogen-bond acceptors (Lipinski definition) is 6. The molecule has 0 aromatic heterocycles. The maximum absolute atomic E-state index is 11.8. The van der Waals surface area contributed by atoms with Crippen molar-refractivity contribution in [2.75, 3.05) is 14.2 Å². The maximum Gasteiger partial charge on any atom is 0.161 e. The molecule has 0 heterocycles. The van der Waals surface area contributed by atoms with Crippen LogP contribution in [0.2, 0.25) is 0 Å². The van der Waals surface area contributed by atoms with Gasteiger partial charge in [0.25, 0.3) is 0 Å². The minimum Gasteiger partial charge on any atom is -0.493 e. The van der Waals surface area contributed by atoms with E-state index in [9.17, 15) is 9.59 Å². The number of methoxy groups -OCH3 is 2. The summed E-state index contributed by atoms with van der Waals surface area (Å²) < 4.78 is 22.2. The molecule has 32 heavy (non-hydrogen) atoms. The molecule has 0 aliphatic heterocycles. The van der Waals surface area contributed by atoms with Gasteiger partial charge >= 0.3 is 0 Å². The Kier molecular flexibility index (Phi) is 9.08. The van der Waals surface area contributed by atoms with Gasteiger partial charge < -0.3 is 18.9 Å². The molecule has 2 rings (SSSR count). The van der Waals surface area contributed by atoms with Crippen LogP contribution in [0.4, 0.5) is 0 Å². The van der Waals surface area contributed by atoms with Crippen molar-refractivity contribution in [3.05, 3.63) is 58.7 Å². The fraction of sp³-hybridized carbons (Fsp3) is 0.308. The van der Waals surface area contributed by atoms with Gasteiger partial charge in [-0.1, -0.05) is 12.1 Å². The van der Waals surface area contributed by atoms with Crippen molar-refractivity contribution in [1.29, 1.82) is 0 Å². The quantitative estimate of drug-likeness (QED) is 0.275. The standard InChI is InChI=1S/C26H30O6/c1-17(2)31-23-9-7-19(13-25(23)29-5)11-21(15-27)22(16-28)12-20-8-10-24(32-18(3)4)26(14-20)30-6/h7-18H,1-6H3/b21-11+,22-12+. The van der Waals surface area contributed by atoms with E-state index in [0.29, 0.717) is 46.7 Å². The van der Waals surface area contributed by atoms with Crippen LogP contribution in [0.5, 0.6) is 23.0 Å². The van der Waals surface area contributed by atoms with Crippen LogP contribution in [0.25, 0.3) is 12.2 Å². The van der Waals surface area contributed by atoms with Crippen LogP contribution < -0.4 is 18.9 Å². The van der Waals surface area contributed by atoms with Gasteiger partial charge in [-0.3, -0.25) is 9.59 Å². The van der Waals surface area contributed by atoms with Gasteiger partial charge in [0, 0.05) is 11.1 Å². The number of ether oxygens (including phenoxy) is 4. The van der Waals surface area contributed by atoms with E-state index in [2.05, 4.69) is 0 Å². The minimum atomic E-state index is -0.00487. The van der Waals surface area contributed by atoms with Crippen molar-refractivity contribution in [3.63, 3.8) is 0 Å². The Morgan fingerprint density at radius 3 is 1.31 bits per heavy atom. The van der Waals surface area contributed by atoms with Gasteiger partial charge in [-0.2, -0.15) is 0 Å². The molecular weight excluding hydrogens is 408 g/mol. The minimum absolute atomic E-state index is 0.00487. The highest BCUT2D eigenvalue weighted by molar-refractivity contribution is 6.02. The molecule has 2 aromatic rings. The fourth-order valence-corrected chi connectivity index (χ4v) is 2.98. The van der Waals surface area contributed by atoms with Crippen LogP contribution >= 0.6 is 0 Å². The SMILES string of the molecule is COc1cc(/C=C(C=O)/C(C=O)=C/c2ccc(OC(C)C)c(OC)c2)ccc1OC(C)C. The molecule has 0 atom stereocenters. The van der Waals surface area contributed by atoms with Gasteiger partial charge in [0.05, 0.1) is 26.4 Å². The highest BCUT2D eigenvalue weighted by atomic mass is 16.5.